The number of hydrogen-bond acceptors (Lipinski definition) is 4. The summed E-state index contributed by atoms with van der Waals surface area (Å²) in [6.07, 6.45) is 8.65. The maximum atomic E-state index is 13.5. The Balaban J connectivity index is 1.47. The van der Waals surface area contributed by atoms with Gasteiger partial charge in [0.25, 0.3) is 0 Å². The van der Waals surface area contributed by atoms with Crippen LogP contribution in [0, 0.1) is 11.6 Å². The average molecular weight is 447 g/mol. The minimum absolute atomic E-state index is 0.0904. The van der Waals surface area contributed by atoms with Crippen molar-refractivity contribution in [2.24, 2.45) is 0 Å². The number of anilines is 1. The van der Waals surface area contributed by atoms with Crippen LogP contribution in [0.5, 0.6) is 0 Å². The van der Waals surface area contributed by atoms with Crippen LogP contribution in [0.15, 0.2) is 60.8 Å². The molecule has 5 nitrogen and oxygen atoms in total. The molecule has 1 atom stereocenters. The van der Waals surface area contributed by atoms with Crippen molar-refractivity contribution in [3.8, 4) is 0 Å². The Labute approximate surface area is 190 Å². The van der Waals surface area contributed by atoms with Crippen molar-refractivity contribution in [3.05, 3.63) is 89.4 Å². The molecule has 1 saturated heterocycles. The molecule has 0 spiro atoms. The third-order valence-electron chi connectivity index (χ3n) is 5.68. The van der Waals surface area contributed by atoms with Gasteiger partial charge in [-0.15, -0.1) is 0 Å². The zero-order chi connectivity index (χ0) is 22.6. The van der Waals surface area contributed by atoms with E-state index in [4.69, 9.17) is 9.84 Å². The zero-order valence-corrected chi connectivity index (χ0v) is 18.0. The fraction of sp³-hybridized carbons (Fsp3) is 0.231. The maximum Gasteiger partial charge on any atom is 0.150 e. The number of rotatable bonds is 6. The number of aromatic nitrogens is 3. The van der Waals surface area contributed by atoms with E-state index in [2.05, 4.69) is 10.3 Å². The number of pyridine rings is 1. The molecule has 5 rings (SSSR count). The molecule has 0 radical (unpaired) electrons. The maximum absolute atomic E-state index is 13.5. The summed E-state index contributed by atoms with van der Waals surface area (Å²) in [6.45, 7) is 1.04. The lowest BCUT2D eigenvalue weighted by Crippen LogP contribution is -2.19. The van der Waals surface area contributed by atoms with E-state index in [-0.39, 0.29) is 6.23 Å². The molecule has 3 heterocycles. The Morgan fingerprint density at radius 1 is 1.03 bits per heavy atom. The first-order chi connectivity index (χ1) is 16.2. The summed E-state index contributed by atoms with van der Waals surface area (Å²) in [6, 6.07) is 15.2. The molecule has 33 heavy (non-hydrogen) atoms. The predicted octanol–water partition coefficient (Wildman–Crippen LogP) is 6.19. The number of benzene rings is 2. The Morgan fingerprint density at radius 3 is 2.67 bits per heavy atom. The van der Waals surface area contributed by atoms with Crippen LogP contribution in [-0.2, 0) is 11.3 Å². The van der Waals surface area contributed by atoms with E-state index < -0.39 is 11.6 Å². The van der Waals surface area contributed by atoms with E-state index in [1.807, 2.05) is 53.2 Å². The Kier molecular flexibility index (Phi) is 6.13. The molecule has 0 bridgehead atoms. The molecule has 0 saturated carbocycles. The standard InChI is InChI=1S/C26H24F2N4O/c27-19-13-18(14-20(28)15-19)17-30-22-8-10-25-23(16-22)24(9-7-21-5-1-3-11-29-21)31-32(25)26-6-2-4-12-33-26/h1,3,5,7-11,13-16,26,30H,2,4,6,12,17H2. The van der Waals surface area contributed by atoms with Gasteiger partial charge in [-0.2, -0.15) is 5.10 Å². The Hall–Kier alpha value is -3.58. The van der Waals surface area contributed by atoms with Gasteiger partial charge in [-0.3, -0.25) is 4.98 Å². The third kappa shape index (κ3) is 4.93. The summed E-state index contributed by atoms with van der Waals surface area (Å²) >= 11 is 0. The van der Waals surface area contributed by atoms with Crippen LogP contribution in [0.2, 0.25) is 0 Å². The van der Waals surface area contributed by atoms with Gasteiger partial charge in [0, 0.05) is 36.5 Å². The first-order valence-electron chi connectivity index (χ1n) is 11.1. The fourth-order valence-electron chi connectivity index (χ4n) is 4.09. The van der Waals surface area contributed by atoms with Crippen molar-refractivity contribution in [2.75, 3.05) is 11.9 Å². The van der Waals surface area contributed by atoms with Crippen LogP contribution in [0.25, 0.3) is 23.1 Å². The summed E-state index contributed by atoms with van der Waals surface area (Å²) in [5.41, 5.74) is 4.00. The van der Waals surface area contributed by atoms with Gasteiger partial charge < -0.3 is 10.1 Å². The summed E-state index contributed by atoms with van der Waals surface area (Å²) in [5.74, 6) is -1.17. The predicted molar refractivity (Wildman–Crippen MR) is 125 cm³/mol. The molecule has 7 heteroatoms. The minimum Gasteiger partial charge on any atom is -0.381 e. The van der Waals surface area contributed by atoms with Gasteiger partial charge in [0.2, 0.25) is 0 Å². The van der Waals surface area contributed by atoms with Crippen molar-refractivity contribution in [2.45, 2.75) is 32.0 Å². The highest BCUT2D eigenvalue weighted by molar-refractivity contribution is 5.92. The molecule has 168 valence electrons. The van der Waals surface area contributed by atoms with Gasteiger partial charge >= 0.3 is 0 Å². The van der Waals surface area contributed by atoms with Gasteiger partial charge in [0.1, 0.15) is 11.6 Å². The van der Waals surface area contributed by atoms with Gasteiger partial charge in [-0.25, -0.2) is 13.5 Å². The molecular formula is C26H24F2N4O. The van der Waals surface area contributed by atoms with E-state index in [0.29, 0.717) is 12.1 Å². The highest BCUT2D eigenvalue weighted by Gasteiger charge is 2.20. The Morgan fingerprint density at radius 2 is 1.91 bits per heavy atom. The van der Waals surface area contributed by atoms with Crippen LogP contribution in [-0.4, -0.2) is 21.4 Å². The monoisotopic (exact) mass is 446 g/mol. The van der Waals surface area contributed by atoms with Gasteiger partial charge in [-0.1, -0.05) is 6.07 Å². The zero-order valence-electron chi connectivity index (χ0n) is 18.0. The second-order valence-electron chi connectivity index (χ2n) is 8.10. The first-order valence-corrected chi connectivity index (χ1v) is 11.1. The van der Waals surface area contributed by atoms with Crippen LogP contribution in [0.4, 0.5) is 14.5 Å². The first kappa shape index (κ1) is 21.3. The lowest BCUT2D eigenvalue weighted by atomic mass is 10.1. The Bertz CT molecular complexity index is 1260. The molecule has 0 amide bonds. The van der Waals surface area contributed by atoms with Crippen LogP contribution in [0.3, 0.4) is 0 Å². The summed E-state index contributed by atoms with van der Waals surface area (Å²) in [5, 5.41) is 9.08. The third-order valence-corrected chi connectivity index (χ3v) is 5.68. The second kappa shape index (κ2) is 9.50. The van der Waals surface area contributed by atoms with E-state index in [9.17, 15) is 8.78 Å². The van der Waals surface area contributed by atoms with Crippen molar-refractivity contribution >= 4 is 28.7 Å². The highest BCUT2D eigenvalue weighted by atomic mass is 19.1. The molecule has 1 aliphatic heterocycles. The van der Waals surface area contributed by atoms with Gasteiger partial charge in [0.15, 0.2) is 6.23 Å². The molecular weight excluding hydrogens is 422 g/mol. The molecule has 1 unspecified atom stereocenters. The van der Waals surface area contributed by atoms with E-state index in [1.54, 1.807) is 6.20 Å². The van der Waals surface area contributed by atoms with E-state index in [0.717, 1.165) is 59.9 Å². The molecule has 1 N–H and O–H groups in total. The SMILES string of the molecule is Fc1cc(F)cc(CNc2ccc3c(c2)c(C=Cc2ccccn2)nn3C2CCCCO2)c1. The smallest absolute Gasteiger partial charge is 0.150 e. The number of nitrogens with one attached hydrogen (secondary N) is 1. The number of fused-ring (bicyclic) bond motifs is 1. The molecule has 1 aliphatic rings. The van der Waals surface area contributed by atoms with Crippen molar-refractivity contribution in [1.29, 1.82) is 0 Å². The summed E-state index contributed by atoms with van der Waals surface area (Å²) in [7, 11) is 0. The van der Waals surface area contributed by atoms with Gasteiger partial charge in [0.05, 0.1) is 16.9 Å². The number of hydrogen-bond donors (Lipinski definition) is 1. The van der Waals surface area contributed by atoms with Crippen LogP contribution >= 0.6 is 0 Å². The molecule has 4 aromatic rings. The second-order valence-corrected chi connectivity index (χ2v) is 8.10. The van der Waals surface area contributed by atoms with E-state index in [1.165, 1.54) is 12.1 Å². The van der Waals surface area contributed by atoms with Crippen LogP contribution < -0.4 is 5.32 Å². The van der Waals surface area contributed by atoms with E-state index >= 15 is 0 Å². The normalized spacial score (nSPS) is 16.5. The van der Waals surface area contributed by atoms with Crippen molar-refractivity contribution in [3.63, 3.8) is 0 Å². The lowest BCUT2D eigenvalue weighted by Gasteiger charge is -2.23. The van der Waals surface area contributed by atoms with Crippen molar-refractivity contribution < 1.29 is 13.5 Å². The topological polar surface area (TPSA) is 52.0 Å². The number of halogens is 2. The van der Waals surface area contributed by atoms with Crippen LogP contribution in [0.1, 0.15) is 42.4 Å². The quantitative estimate of drug-likeness (QED) is 0.384. The molecule has 0 aliphatic carbocycles. The molecule has 2 aromatic carbocycles. The summed E-state index contributed by atoms with van der Waals surface area (Å²) in [4.78, 5) is 4.35. The number of nitrogens with zero attached hydrogens (tertiary/aromatic N) is 3. The minimum atomic E-state index is -0.585. The summed E-state index contributed by atoms with van der Waals surface area (Å²) < 4.78 is 35.0. The van der Waals surface area contributed by atoms with Crippen molar-refractivity contribution in [1.82, 2.24) is 14.8 Å². The average Bonchev–Trinajstić information content (AvgIpc) is 3.20. The van der Waals surface area contributed by atoms with Gasteiger partial charge in [-0.05, 0) is 79.4 Å². The fourth-order valence-corrected chi connectivity index (χ4v) is 4.09. The number of ether oxygens (including phenoxy) is 1. The lowest BCUT2D eigenvalue weighted by molar-refractivity contribution is -0.0367. The largest absolute Gasteiger partial charge is 0.381 e. The highest BCUT2D eigenvalue weighted by Crippen LogP contribution is 2.30. The molecule has 2 aromatic heterocycles. The molecule has 1 fully saturated rings.